The third-order valence-electron chi connectivity index (χ3n) is 5.42. The zero-order chi connectivity index (χ0) is 22.0. The third-order valence-corrected chi connectivity index (χ3v) is 6.45. The molecule has 0 aliphatic carbocycles. The summed E-state index contributed by atoms with van der Waals surface area (Å²) in [7, 11) is 1.65. The number of thioether (sulfide) groups is 1. The Balaban J connectivity index is 1.84. The van der Waals surface area contributed by atoms with Crippen molar-refractivity contribution in [1.82, 2.24) is 19.3 Å². The minimum Gasteiger partial charge on any atom is -0.496 e. The van der Waals surface area contributed by atoms with E-state index >= 15 is 0 Å². The summed E-state index contributed by atoms with van der Waals surface area (Å²) in [6, 6.07) is 16.1. The van der Waals surface area contributed by atoms with E-state index in [-0.39, 0.29) is 5.56 Å². The molecule has 0 atom stereocenters. The number of aromatic nitrogens is 4. The summed E-state index contributed by atoms with van der Waals surface area (Å²) in [4.78, 5) is 18.5. The number of ether oxygens (including phenoxy) is 1. The molecule has 0 aliphatic rings. The van der Waals surface area contributed by atoms with Crippen LogP contribution in [0.1, 0.15) is 29.3 Å². The third kappa shape index (κ3) is 4.10. The summed E-state index contributed by atoms with van der Waals surface area (Å²) >= 11 is 1.58. The predicted octanol–water partition coefficient (Wildman–Crippen LogP) is 4.58. The van der Waals surface area contributed by atoms with E-state index in [1.54, 1.807) is 28.1 Å². The Bertz CT molecular complexity index is 1290. The van der Waals surface area contributed by atoms with Gasteiger partial charge in [0, 0.05) is 17.9 Å². The number of hydrogen-bond donors (Lipinski definition) is 0. The second-order valence-electron chi connectivity index (χ2n) is 7.41. The van der Waals surface area contributed by atoms with Gasteiger partial charge in [0.1, 0.15) is 11.3 Å². The number of nitrogens with zero attached hydrogens (tertiary/aromatic N) is 4. The summed E-state index contributed by atoms with van der Waals surface area (Å²) in [5.41, 5.74) is 5.31. The highest BCUT2D eigenvalue weighted by molar-refractivity contribution is 7.98. The average molecular weight is 435 g/mol. The van der Waals surface area contributed by atoms with Crippen LogP contribution in [0.15, 0.2) is 58.5 Å². The Hall–Kier alpha value is -3.06. The quantitative estimate of drug-likeness (QED) is 0.315. The second kappa shape index (κ2) is 8.98. The van der Waals surface area contributed by atoms with Crippen molar-refractivity contribution in [3.05, 3.63) is 81.3 Å². The molecule has 0 saturated heterocycles. The molecular weight excluding hydrogens is 408 g/mol. The molecule has 160 valence electrons. The van der Waals surface area contributed by atoms with Gasteiger partial charge in [0.15, 0.2) is 10.7 Å². The molecule has 2 heterocycles. The molecule has 31 heavy (non-hydrogen) atoms. The van der Waals surface area contributed by atoms with E-state index in [0.29, 0.717) is 29.3 Å². The van der Waals surface area contributed by atoms with Crippen molar-refractivity contribution in [2.75, 3.05) is 7.11 Å². The Kier molecular flexibility index (Phi) is 6.13. The van der Waals surface area contributed by atoms with Crippen LogP contribution in [0.3, 0.4) is 0 Å². The van der Waals surface area contributed by atoms with Crippen LogP contribution in [0, 0.1) is 13.8 Å². The van der Waals surface area contributed by atoms with Gasteiger partial charge in [0.05, 0.1) is 19.3 Å². The molecule has 0 fully saturated rings. The predicted molar refractivity (Wildman–Crippen MR) is 125 cm³/mol. The number of benzene rings is 2. The Morgan fingerprint density at radius 1 is 1.03 bits per heavy atom. The number of para-hydroxylation sites is 1. The zero-order valence-electron chi connectivity index (χ0n) is 18.3. The summed E-state index contributed by atoms with van der Waals surface area (Å²) in [5, 5.41) is 5.22. The molecule has 0 N–H and O–H groups in total. The fraction of sp³-hybridized carbons (Fsp3) is 0.292. The van der Waals surface area contributed by atoms with Gasteiger partial charge in [-0.25, -0.2) is 4.98 Å². The van der Waals surface area contributed by atoms with Gasteiger partial charge in [-0.15, -0.1) is 0 Å². The Labute approximate surface area is 185 Å². The fourth-order valence-corrected chi connectivity index (χ4v) is 4.75. The maximum atomic E-state index is 13.6. The Morgan fingerprint density at radius 2 is 1.74 bits per heavy atom. The minimum absolute atomic E-state index is 0.0781. The summed E-state index contributed by atoms with van der Waals surface area (Å²) in [6.45, 7) is 6.99. The first kappa shape index (κ1) is 21.2. The number of methoxy groups -OCH3 is 1. The molecule has 0 aliphatic heterocycles. The molecule has 7 heteroatoms. The minimum atomic E-state index is -0.0781. The van der Waals surface area contributed by atoms with Crippen molar-refractivity contribution < 1.29 is 4.74 Å². The monoisotopic (exact) mass is 434 g/mol. The lowest BCUT2D eigenvalue weighted by molar-refractivity contribution is 0.407. The van der Waals surface area contributed by atoms with E-state index in [1.165, 1.54) is 11.1 Å². The molecule has 0 saturated carbocycles. The van der Waals surface area contributed by atoms with Crippen LogP contribution in [0.25, 0.3) is 11.0 Å². The molecule has 4 rings (SSSR count). The Morgan fingerprint density at radius 3 is 2.45 bits per heavy atom. The molecule has 0 spiro atoms. The normalized spacial score (nSPS) is 11.2. The van der Waals surface area contributed by atoms with Crippen LogP contribution >= 0.6 is 11.8 Å². The number of aryl methyl sites for hydroxylation is 3. The van der Waals surface area contributed by atoms with Gasteiger partial charge in [-0.05, 0) is 38.0 Å². The highest BCUT2D eigenvalue weighted by atomic mass is 32.2. The lowest BCUT2D eigenvalue weighted by atomic mass is 10.1. The smallest absolute Gasteiger partial charge is 0.280 e. The number of hydrogen-bond acceptors (Lipinski definition) is 5. The highest BCUT2D eigenvalue weighted by Gasteiger charge is 2.19. The van der Waals surface area contributed by atoms with Gasteiger partial charge < -0.3 is 4.74 Å². The van der Waals surface area contributed by atoms with Crippen LogP contribution in [-0.2, 0) is 18.8 Å². The van der Waals surface area contributed by atoms with Crippen LogP contribution in [0.5, 0.6) is 5.75 Å². The van der Waals surface area contributed by atoms with E-state index in [0.717, 1.165) is 22.8 Å². The first-order chi connectivity index (χ1) is 15.0. The lowest BCUT2D eigenvalue weighted by Crippen LogP contribution is -2.26. The van der Waals surface area contributed by atoms with Gasteiger partial charge in [-0.1, -0.05) is 54.2 Å². The van der Waals surface area contributed by atoms with Gasteiger partial charge in [0.2, 0.25) is 0 Å². The number of rotatable bonds is 7. The first-order valence-electron chi connectivity index (χ1n) is 10.3. The molecule has 0 unspecified atom stereocenters. The molecule has 0 bridgehead atoms. The molecule has 2 aromatic heterocycles. The average Bonchev–Trinajstić information content (AvgIpc) is 3.11. The molecule has 2 aromatic carbocycles. The van der Waals surface area contributed by atoms with Crippen LogP contribution in [-0.4, -0.2) is 26.4 Å². The lowest BCUT2D eigenvalue weighted by Gasteiger charge is -2.15. The largest absolute Gasteiger partial charge is 0.496 e. The maximum Gasteiger partial charge on any atom is 0.280 e. The van der Waals surface area contributed by atoms with Crippen molar-refractivity contribution in [1.29, 1.82) is 0 Å². The zero-order valence-corrected chi connectivity index (χ0v) is 19.1. The molecular formula is C24H26N4O2S. The van der Waals surface area contributed by atoms with E-state index in [1.807, 2.05) is 50.2 Å². The summed E-state index contributed by atoms with van der Waals surface area (Å²) < 4.78 is 9.01. The van der Waals surface area contributed by atoms with E-state index in [2.05, 4.69) is 24.2 Å². The standard InChI is InChI=1S/C24H26N4O2S/c1-5-28-22-21(17(3)26-28)25-24(31-15-19-12-7-6-10-16(19)2)27(23(22)29)14-18-11-8-9-13-20(18)30-4/h6-13H,5,14-15H2,1-4H3. The molecule has 0 amide bonds. The highest BCUT2D eigenvalue weighted by Crippen LogP contribution is 2.26. The molecule has 6 nitrogen and oxygen atoms in total. The molecule has 0 radical (unpaired) electrons. The van der Waals surface area contributed by atoms with E-state index in [9.17, 15) is 4.79 Å². The van der Waals surface area contributed by atoms with Gasteiger partial charge in [-0.3, -0.25) is 14.0 Å². The summed E-state index contributed by atoms with van der Waals surface area (Å²) in [5.74, 6) is 1.49. The molecule has 4 aromatic rings. The SMILES string of the molecule is CCn1nc(C)c2nc(SCc3ccccc3C)n(Cc3ccccc3OC)c(=O)c21. The second-order valence-corrected chi connectivity index (χ2v) is 8.35. The van der Waals surface area contributed by atoms with Crippen LogP contribution in [0.2, 0.25) is 0 Å². The van der Waals surface area contributed by atoms with Crippen LogP contribution < -0.4 is 10.3 Å². The van der Waals surface area contributed by atoms with Gasteiger partial charge in [-0.2, -0.15) is 5.10 Å². The number of fused-ring (bicyclic) bond motifs is 1. The van der Waals surface area contributed by atoms with Crippen molar-refractivity contribution >= 4 is 22.8 Å². The van der Waals surface area contributed by atoms with Crippen molar-refractivity contribution in [3.63, 3.8) is 0 Å². The van der Waals surface area contributed by atoms with Crippen molar-refractivity contribution in [3.8, 4) is 5.75 Å². The van der Waals surface area contributed by atoms with E-state index < -0.39 is 0 Å². The van der Waals surface area contributed by atoms with Crippen molar-refractivity contribution in [2.45, 2.75) is 44.8 Å². The van der Waals surface area contributed by atoms with Crippen molar-refractivity contribution in [2.24, 2.45) is 0 Å². The van der Waals surface area contributed by atoms with Crippen LogP contribution in [0.4, 0.5) is 0 Å². The topological polar surface area (TPSA) is 61.9 Å². The van der Waals surface area contributed by atoms with Gasteiger partial charge in [0.25, 0.3) is 5.56 Å². The van der Waals surface area contributed by atoms with E-state index in [4.69, 9.17) is 9.72 Å². The fourth-order valence-electron chi connectivity index (χ4n) is 3.68. The van der Waals surface area contributed by atoms with Gasteiger partial charge >= 0.3 is 0 Å². The maximum absolute atomic E-state index is 13.6. The first-order valence-corrected chi connectivity index (χ1v) is 11.3. The summed E-state index contributed by atoms with van der Waals surface area (Å²) in [6.07, 6.45) is 0.